The van der Waals surface area contributed by atoms with E-state index in [2.05, 4.69) is 19.2 Å². The van der Waals surface area contributed by atoms with E-state index >= 15 is 0 Å². The van der Waals surface area contributed by atoms with Gasteiger partial charge in [-0.1, -0.05) is 26.7 Å². The summed E-state index contributed by atoms with van der Waals surface area (Å²) in [5, 5.41) is 15.0. The van der Waals surface area contributed by atoms with Crippen molar-refractivity contribution in [2.75, 3.05) is 38.5 Å². The Kier molecular flexibility index (Phi) is 6.26. The average Bonchev–Trinajstić information content (AvgIpc) is 2.66. The molecule has 9 heteroatoms. The number of nitro benzene ring substituents is 1. The highest BCUT2D eigenvalue weighted by atomic mass is 32.2. The van der Waals surface area contributed by atoms with Crippen molar-refractivity contribution in [3.05, 3.63) is 28.3 Å². The lowest BCUT2D eigenvalue weighted by atomic mass is 9.78. The van der Waals surface area contributed by atoms with Crippen molar-refractivity contribution in [2.45, 2.75) is 44.0 Å². The maximum atomic E-state index is 12.9. The summed E-state index contributed by atoms with van der Waals surface area (Å²) in [7, 11) is -1.69. The molecule has 0 unspecified atom stereocenters. The van der Waals surface area contributed by atoms with Crippen LogP contribution in [0.2, 0.25) is 0 Å². The summed E-state index contributed by atoms with van der Waals surface area (Å²) in [6.45, 7) is 6.71. The first-order valence-electron chi connectivity index (χ1n) is 10.1. The predicted octanol–water partition coefficient (Wildman–Crippen LogP) is 1.35. The molecule has 28 heavy (non-hydrogen) atoms. The van der Waals surface area contributed by atoms with Gasteiger partial charge in [0.2, 0.25) is 10.0 Å². The highest BCUT2D eigenvalue weighted by molar-refractivity contribution is 7.89. The number of piperazine rings is 1. The van der Waals surface area contributed by atoms with Gasteiger partial charge in [0.25, 0.3) is 5.69 Å². The zero-order chi connectivity index (χ0) is 20.5. The van der Waals surface area contributed by atoms with E-state index < -0.39 is 14.9 Å². The Bertz CT molecular complexity index is 821. The second-order valence-electron chi connectivity index (χ2n) is 8.32. The van der Waals surface area contributed by atoms with Crippen LogP contribution >= 0.6 is 0 Å². The molecule has 1 aliphatic carbocycles. The predicted molar refractivity (Wildman–Crippen MR) is 108 cm³/mol. The highest BCUT2D eigenvalue weighted by Gasteiger charge is 2.32. The zero-order valence-corrected chi connectivity index (χ0v) is 17.7. The number of hydrogen-bond acceptors (Lipinski definition) is 5. The summed E-state index contributed by atoms with van der Waals surface area (Å²) in [5.41, 5.74) is 0.226. The number of benzene rings is 1. The Morgan fingerprint density at radius 1 is 1.21 bits per heavy atom. The molecule has 1 aliphatic heterocycles. The largest absolute Gasteiger partial charge is 0.376 e. The topological polar surface area (TPSA) is 97.0 Å². The SMILES string of the molecule is C[C@@H]1[C@H](C)CCC[C@@H]1Nc1ccc(S(=O)(=O)N2CC[NH+](C)CC2)cc1[N+](=O)[O-]. The smallest absolute Gasteiger partial charge is 0.293 e. The summed E-state index contributed by atoms with van der Waals surface area (Å²) < 4.78 is 27.3. The van der Waals surface area contributed by atoms with E-state index in [0.717, 1.165) is 25.9 Å². The van der Waals surface area contributed by atoms with Crippen LogP contribution in [0.3, 0.4) is 0 Å². The number of nitro groups is 1. The van der Waals surface area contributed by atoms with Crippen molar-refractivity contribution >= 4 is 21.4 Å². The van der Waals surface area contributed by atoms with Crippen molar-refractivity contribution < 1.29 is 18.2 Å². The lowest BCUT2D eigenvalue weighted by molar-refractivity contribution is -0.883. The van der Waals surface area contributed by atoms with Crippen molar-refractivity contribution in [3.63, 3.8) is 0 Å². The molecule has 1 saturated carbocycles. The maximum absolute atomic E-state index is 12.9. The monoisotopic (exact) mass is 411 g/mol. The minimum absolute atomic E-state index is 0.00522. The molecule has 3 rings (SSSR count). The van der Waals surface area contributed by atoms with Gasteiger partial charge < -0.3 is 10.2 Å². The van der Waals surface area contributed by atoms with Gasteiger partial charge in [0.1, 0.15) is 5.69 Å². The van der Waals surface area contributed by atoms with Gasteiger partial charge in [-0.25, -0.2) is 8.42 Å². The third-order valence-corrected chi connectivity index (χ3v) is 8.32. The number of anilines is 1. The van der Waals surface area contributed by atoms with Crippen molar-refractivity contribution in [2.24, 2.45) is 11.8 Å². The van der Waals surface area contributed by atoms with Crippen LogP contribution in [0.25, 0.3) is 0 Å². The molecule has 1 aromatic carbocycles. The van der Waals surface area contributed by atoms with Crippen molar-refractivity contribution in [1.82, 2.24) is 4.31 Å². The maximum Gasteiger partial charge on any atom is 0.293 e. The van der Waals surface area contributed by atoms with Crippen molar-refractivity contribution in [3.8, 4) is 0 Å². The normalized spacial score (nSPS) is 27.5. The summed E-state index contributed by atoms with van der Waals surface area (Å²) >= 11 is 0. The summed E-state index contributed by atoms with van der Waals surface area (Å²) in [6, 6.07) is 4.41. The molecule has 0 bridgehead atoms. The minimum atomic E-state index is -3.72. The van der Waals surface area contributed by atoms with Gasteiger partial charge in [0.15, 0.2) is 0 Å². The highest BCUT2D eigenvalue weighted by Crippen LogP contribution is 2.35. The molecule has 0 aromatic heterocycles. The molecule has 0 spiro atoms. The van der Waals surface area contributed by atoms with Crippen LogP contribution in [0.1, 0.15) is 33.1 Å². The van der Waals surface area contributed by atoms with Gasteiger partial charge in [0.05, 0.1) is 43.0 Å². The lowest BCUT2D eigenvalue weighted by Crippen LogP contribution is -3.12. The number of sulfonamides is 1. The van der Waals surface area contributed by atoms with E-state index in [1.807, 2.05) is 7.05 Å². The molecule has 1 aromatic rings. The van der Waals surface area contributed by atoms with Crippen LogP contribution < -0.4 is 10.2 Å². The minimum Gasteiger partial charge on any atom is -0.376 e. The van der Waals surface area contributed by atoms with Crippen LogP contribution in [0.4, 0.5) is 11.4 Å². The van der Waals surface area contributed by atoms with Crippen LogP contribution in [0.15, 0.2) is 23.1 Å². The second-order valence-corrected chi connectivity index (χ2v) is 10.3. The van der Waals surface area contributed by atoms with E-state index in [0.29, 0.717) is 30.6 Å². The molecule has 2 N–H and O–H groups in total. The molecule has 8 nitrogen and oxygen atoms in total. The molecule has 1 saturated heterocycles. The third kappa shape index (κ3) is 4.31. The molecule has 3 atom stereocenters. The second kappa shape index (κ2) is 8.34. The first-order chi connectivity index (χ1) is 13.2. The zero-order valence-electron chi connectivity index (χ0n) is 16.8. The number of likely N-dealkylation sites (N-methyl/N-ethyl adjacent to an activating group) is 1. The van der Waals surface area contributed by atoms with Crippen LogP contribution in [-0.4, -0.2) is 56.9 Å². The van der Waals surface area contributed by atoms with Gasteiger partial charge in [0, 0.05) is 12.1 Å². The van der Waals surface area contributed by atoms with Gasteiger partial charge in [-0.2, -0.15) is 4.31 Å². The van der Waals surface area contributed by atoms with Gasteiger partial charge >= 0.3 is 0 Å². The Balaban J connectivity index is 1.86. The Morgan fingerprint density at radius 3 is 2.54 bits per heavy atom. The first-order valence-corrected chi connectivity index (χ1v) is 11.5. The first kappa shape index (κ1) is 21.0. The molecule has 0 amide bonds. The van der Waals surface area contributed by atoms with Gasteiger partial charge in [-0.05, 0) is 30.4 Å². The fourth-order valence-corrected chi connectivity index (χ4v) is 5.65. The number of quaternary nitrogens is 1. The molecular formula is C19H31N4O4S+. The molecular weight excluding hydrogens is 380 g/mol. The van der Waals surface area contributed by atoms with E-state index in [-0.39, 0.29) is 16.6 Å². The van der Waals surface area contributed by atoms with Gasteiger partial charge in [-0.15, -0.1) is 0 Å². The Hall–Kier alpha value is -1.71. The summed E-state index contributed by atoms with van der Waals surface area (Å²) in [5.74, 6) is 0.967. The molecule has 2 aliphatic rings. The van der Waals surface area contributed by atoms with Crippen LogP contribution in [0, 0.1) is 22.0 Å². The molecule has 0 radical (unpaired) electrons. The number of hydrogen-bond donors (Lipinski definition) is 2. The molecule has 1 heterocycles. The number of nitrogens with one attached hydrogen (secondary N) is 2. The van der Waals surface area contributed by atoms with Crippen LogP contribution in [0.5, 0.6) is 0 Å². The number of nitrogens with zero attached hydrogens (tertiary/aromatic N) is 2. The van der Waals surface area contributed by atoms with Crippen LogP contribution in [-0.2, 0) is 10.0 Å². The fraction of sp³-hybridized carbons (Fsp3) is 0.684. The van der Waals surface area contributed by atoms with Crippen molar-refractivity contribution in [1.29, 1.82) is 0 Å². The Labute approximate surface area is 167 Å². The third-order valence-electron chi connectivity index (χ3n) is 6.43. The summed E-state index contributed by atoms with van der Waals surface area (Å²) in [6.07, 6.45) is 3.23. The number of rotatable bonds is 5. The van der Waals surface area contributed by atoms with E-state index in [9.17, 15) is 18.5 Å². The standard InChI is InChI=1S/C19H30N4O4S/c1-14-5-4-6-17(15(14)2)20-18-8-7-16(13-19(18)23(24)25)28(26,27)22-11-9-21(3)10-12-22/h7-8,13-15,17,20H,4-6,9-12H2,1-3H3/p+1/t14-,15-,17+/m1/s1. The van der Waals surface area contributed by atoms with E-state index in [4.69, 9.17) is 0 Å². The van der Waals surface area contributed by atoms with E-state index in [1.165, 1.54) is 27.8 Å². The lowest BCUT2D eigenvalue weighted by Gasteiger charge is -2.35. The van der Waals surface area contributed by atoms with Gasteiger partial charge in [-0.3, -0.25) is 10.1 Å². The Morgan fingerprint density at radius 2 is 1.89 bits per heavy atom. The van der Waals surface area contributed by atoms with E-state index in [1.54, 1.807) is 6.07 Å². The fourth-order valence-electron chi connectivity index (χ4n) is 4.19. The average molecular weight is 412 g/mol. The molecule has 2 fully saturated rings. The summed E-state index contributed by atoms with van der Waals surface area (Å²) in [4.78, 5) is 12.4. The molecule has 156 valence electrons. The quantitative estimate of drug-likeness (QED) is 0.563.